The fourth-order valence-corrected chi connectivity index (χ4v) is 3.21. The van der Waals surface area contributed by atoms with Crippen LogP contribution in [-0.4, -0.2) is 23.9 Å². The van der Waals surface area contributed by atoms with Gasteiger partial charge in [0.05, 0.1) is 11.8 Å². The van der Waals surface area contributed by atoms with Crippen molar-refractivity contribution in [1.29, 1.82) is 0 Å². The van der Waals surface area contributed by atoms with Crippen LogP contribution in [0.4, 0.5) is 0 Å². The molecule has 3 aliphatic rings. The van der Waals surface area contributed by atoms with Crippen LogP contribution in [0.25, 0.3) is 0 Å². The van der Waals surface area contributed by atoms with E-state index >= 15 is 0 Å². The van der Waals surface area contributed by atoms with Crippen LogP contribution in [0.5, 0.6) is 0 Å². The van der Waals surface area contributed by atoms with E-state index in [0.717, 1.165) is 0 Å². The van der Waals surface area contributed by atoms with E-state index in [2.05, 4.69) is 9.47 Å². The van der Waals surface area contributed by atoms with Crippen molar-refractivity contribution in [2.75, 3.05) is 0 Å². The van der Waals surface area contributed by atoms with Crippen LogP contribution in [0.2, 0.25) is 0 Å². The van der Waals surface area contributed by atoms with Crippen LogP contribution in [0.1, 0.15) is 19.3 Å². The van der Waals surface area contributed by atoms with Crippen molar-refractivity contribution in [2.45, 2.75) is 19.3 Å². The number of rotatable bonds is 0. The fourth-order valence-electron chi connectivity index (χ4n) is 3.21. The molecule has 1 aliphatic carbocycles. The third-order valence-corrected chi connectivity index (χ3v) is 3.89. The Kier molecular flexibility index (Phi) is 2.08. The molecular weight excluding hydrogens is 228 g/mol. The first-order chi connectivity index (χ1) is 8.06. The number of hydrogen-bond acceptors (Lipinski definition) is 6. The quantitative estimate of drug-likeness (QED) is 0.429. The molecule has 6 nitrogen and oxygen atoms in total. The minimum atomic E-state index is -0.656. The van der Waals surface area contributed by atoms with Crippen LogP contribution >= 0.6 is 0 Å². The molecule has 17 heavy (non-hydrogen) atoms. The molecule has 0 aromatic heterocycles. The Bertz CT molecular complexity index is 437. The molecule has 2 heterocycles. The average Bonchev–Trinajstić information content (AvgIpc) is 2.49. The van der Waals surface area contributed by atoms with Gasteiger partial charge in [-0.05, 0) is 18.3 Å². The molecular formula is C11H10O6. The molecule has 0 N–H and O–H groups in total. The first kappa shape index (κ1) is 10.4. The van der Waals surface area contributed by atoms with Gasteiger partial charge >= 0.3 is 23.9 Å². The average molecular weight is 238 g/mol. The molecule has 6 heteroatoms. The summed E-state index contributed by atoms with van der Waals surface area (Å²) in [5.74, 6) is -4.04. The Balaban J connectivity index is 1.97. The fraction of sp³-hybridized carbons (Fsp3) is 0.636. The molecule has 2 bridgehead atoms. The lowest BCUT2D eigenvalue weighted by Crippen LogP contribution is -2.41. The molecule has 0 aromatic rings. The number of ether oxygens (including phenoxy) is 2. The molecule has 0 spiro atoms. The molecule has 1 saturated carbocycles. The highest BCUT2D eigenvalue weighted by Gasteiger charge is 2.57. The summed E-state index contributed by atoms with van der Waals surface area (Å²) in [7, 11) is 0. The predicted octanol–water partition coefficient (Wildman–Crippen LogP) is -0.198. The van der Waals surface area contributed by atoms with E-state index < -0.39 is 35.7 Å². The van der Waals surface area contributed by atoms with E-state index in [1.165, 1.54) is 0 Å². The van der Waals surface area contributed by atoms with Gasteiger partial charge in [0.1, 0.15) is 0 Å². The summed E-state index contributed by atoms with van der Waals surface area (Å²) in [6, 6.07) is 0. The van der Waals surface area contributed by atoms with E-state index in [9.17, 15) is 19.2 Å². The maximum Gasteiger partial charge on any atom is 0.317 e. The Morgan fingerprint density at radius 1 is 0.882 bits per heavy atom. The third kappa shape index (κ3) is 1.47. The molecule has 2 aliphatic heterocycles. The second kappa shape index (κ2) is 3.38. The van der Waals surface area contributed by atoms with Gasteiger partial charge in [0.25, 0.3) is 0 Å². The largest absolute Gasteiger partial charge is 0.393 e. The molecule has 4 unspecified atom stereocenters. The van der Waals surface area contributed by atoms with Crippen molar-refractivity contribution >= 4 is 23.9 Å². The Hall–Kier alpha value is -1.72. The Morgan fingerprint density at radius 2 is 1.53 bits per heavy atom. The van der Waals surface area contributed by atoms with Gasteiger partial charge in [-0.15, -0.1) is 0 Å². The normalized spacial score (nSPS) is 40.5. The van der Waals surface area contributed by atoms with Crippen LogP contribution in [0.15, 0.2) is 0 Å². The second-order valence-electron chi connectivity index (χ2n) is 4.79. The second-order valence-corrected chi connectivity index (χ2v) is 4.79. The highest BCUT2D eigenvalue weighted by Crippen LogP contribution is 2.49. The van der Waals surface area contributed by atoms with Gasteiger partial charge < -0.3 is 9.47 Å². The van der Waals surface area contributed by atoms with E-state index in [-0.39, 0.29) is 24.7 Å². The van der Waals surface area contributed by atoms with Crippen LogP contribution < -0.4 is 0 Å². The molecule has 3 fully saturated rings. The van der Waals surface area contributed by atoms with Crippen molar-refractivity contribution in [3.8, 4) is 0 Å². The van der Waals surface area contributed by atoms with Gasteiger partial charge in [-0.3, -0.25) is 19.2 Å². The van der Waals surface area contributed by atoms with E-state index in [1.807, 2.05) is 0 Å². The first-order valence-corrected chi connectivity index (χ1v) is 5.55. The van der Waals surface area contributed by atoms with E-state index in [0.29, 0.717) is 6.42 Å². The standard InChI is InChI=1S/C11H10O6/c12-7-2-4-1-6(10(14)16-7)9-5(4)3-8(13)17-11(9)15/h4-6,9H,1-3H2. The summed E-state index contributed by atoms with van der Waals surface area (Å²) in [6.45, 7) is 0. The van der Waals surface area contributed by atoms with Crippen LogP contribution in [-0.2, 0) is 28.7 Å². The van der Waals surface area contributed by atoms with Gasteiger partial charge in [0.2, 0.25) is 0 Å². The smallest absolute Gasteiger partial charge is 0.317 e. The van der Waals surface area contributed by atoms with Gasteiger partial charge in [0, 0.05) is 12.8 Å². The van der Waals surface area contributed by atoms with Gasteiger partial charge in [0.15, 0.2) is 0 Å². The number of carbonyl (C=O) groups is 4. The molecule has 0 aromatic carbocycles. The topological polar surface area (TPSA) is 86.7 Å². The lowest BCUT2D eigenvalue weighted by molar-refractivity contribution is -0.178. The SMILES string of the molecule is O=C1CC2CC(C(=O)O1)C1C(=O)OC(=O)CC21. The summed E-state index contributed by atoms with van der Waals surface area (Å²) in [6.07, 6.45) is 0.643. The van der Waals surface area contributed by atoms with Gasteiger partial charge in [-0.2, -0.15) is 0 Å². The molecule has 0 amide bonds. The highest BCUT2D eigenvalue weighted by molar-refractivity contribution is 5.96. The number of esters is 4. The molecule has 0 radical (unpaired) electrons. The maximum atomic E-state index is 11.6. The molecule has 4 atom stereocenters. The summed E-state index contributed by atoms with van der Waals surface area (Å²) in [5.41, 5.74) is 0. The van der Waals surface area contributed by atoms with Crippen molar-refractivity contribution in [1.82, 2.24) is 0 Å². The van der Waals surface area contributed by atoms with Gasteiger partial charge in [-0.25, -0.2) is 0 Å². The Labute approximate surface area is 96.2 Å². The zero-order chi connectivity index (χ0) is 12.2. The van der Waals surface area contributed by atoms with E-state index in [1.54, 1.807) is 0 Å². The third-order valence-electron chi connectivity index (χ3n) is 3.89. The maximum absolute atomic E-state index is 11.6. The van der Waals surface area contributed by atoms with Crippen molar-refractivity contribution in [2.24, 2.45) is 23.7 Å². The molecule has 90 valence electrons. The zero-order valence-corrected chi connectivity index (χ0v) is 8.88. The predicted molar refractivity (Wildman–Crippen MR) is 50.0 cm³/mol. The van der Waals surface area contributed by atoms with Crippen molar-refractivity contribution < 1.29 is 28.7 Å². The van der Waals surface area contributed by atoms with Gasteiger partial charge in [-0.1, -0.05) is 0 Å². The number of fused-ring (bicyclic) bond motifs is 5. The monoisotopic (exact) mass is 238 g/mol. The minimum absolute atomic E-state index is 0.101. The summed E-state index contributed by atoms with van der Waals surface area (Å²) >= 11 is 0. The minimum Gasteiger partial charge on any atom is -0.393 e. The van der Waals surface area contributed by atoms with Crippen LogP contribution in [0, 0.1) is 23.7 Å². The van der Waals surface area contributed by atoms with E-state index in [4.69, 9.17) is 0 Å². The summed E-state index contributed by atoms with van der Waals surface area (Å²) in [5, 5.41) is 0. The van der Waals surface area contributed by atoms with Crippen molar-refractivity contribution in [3.63, 3.8) is 0 Å². The van der Waals surface area contributed by atoms with Crippen LogP contribution in [0.3, 0.4) is 0 Å². The first-order valence-electron chi connectivity index (χ1n) is 5.55. The zero-order valence-electron chi connectivity index (χ0n) is 8.88. The molecule has 2 saturated heterocycles. The summed E-state index contributed by atoms with van der Waals surface area (Å²) in [4.78, 5) is 45.7. The lowest BCUT2D eigenvalue weighted by Gasteiger charge is -2.28. The highest BCUT2D eigenvalue weighted by atomic mass is 16.6. The Morgan fingerprint density at radius 3 is 2.29 bits per heavy atom. The number of cyclic esters (lactones) is 4. The lowest BCUT2D eigenvalue weighted by atomic mass is 9.81. The number of hydrogen-bond donors (Lipinski definition) is 0. The number of carbonyl (C=O) groups excluding carboxylic acids is 4. The van der Waals surface area contributed by atoms with Crippen molar-refractivity contribution in [3.05, 3.63) is 0 Å². The summed E-state index contributed by atoms with van der Waals surface area (Å²) < 4.78 is 9.15. The molecule has 3 rings (SSSR count).